The summed E-state index contributed by atoms with van der Waals surface area (Å²) in [6.07, 6.45) is 8.99. The van der Waals surface area contributed by atoms with Crippen LogP contribution in [0.25, 0.3) is 0 Å². The molecule has 0 radical (unpaired) electrons. The van der Waals surface area contributed by atoms with Crippen LogP contribution in [-0.2, 0) is 0 Å². The van der Waals surface area contributed by atoms with E-state index in [9.17, 15) is 0 Å². The van der Waals surface area contributed by atoms with Crippen LogP contribution in [0, 0.1) is 11.8 Å². The minimum atomic E-state index is 0.739. The topological polar surface area (TPSA) is 27.8 Å². The van der Waals surface area contributed by atoms with Gasteiger partial charge in [0.05, 0.1) is 0 Å². The Morgan fingerprint density at radius 3 is 2.94 bits per heavy atom. The molecule has 1 aromatic heterocycles. The molecular formula is C15H26N2. The summed E-state index contributed by atoms with van der Waals surface area (Å²) >= 11 is 0. The van der Waals surface area contributed by atoms with Crippen LogP contribution >= 0.6 is 0 Å². The van der Waals surface area contributed by atoms with E-state index in [0.29, 0.717) is 0 Å². The van der Waals surface area contributed by atoms with Crippen molar-refractivity contribution >= 4 is 0 Å². The average molecular weight is 234 g/mol. The summed E-state index contributed by atoms with van der Waals surface area (Å²) in [5, 5.41) is 3.36. The van der Waals surface area contributed by atoms with Crippen LogP contribution in [0.4, 0.5) is 0 Å². The molecular weight excluding hydrogens is 208 g/mol. The minimum Gasteiger partial charge on any atom is -0.365 e. The molecule has 0 aliphatic heterocycles. The summed E-state index contributed by atoms with van der Waals surface area (Å²) in [7, 11) is 2.07. The SMILES string of the molecule is CCCC1CCC(CNC)C(c2ccc[nH]2)C1. The van der Waals surface area contributed by atoms with Gasteiger partial charge in [-0.3, -0.25) is 0 Å². The van der Waals surface area contributed by atoms with Gasteiger partial charge in [0.1, 0.15) is 0 Å². The second kappa shape index (κ2) is 6.25. The van der Waals surface area contributed by atoms with E-state index in [-0.39, 0.29) is 0 Å². The van der Waals surface area contributed by atoms with Gasteiger partial charge in [0.25, 0.3) is 0 Å². The molecule has 1 aliphatic rings. The highest BCUT2D eigenvalue weighted by molar-refractivity contribution is 5.13. The lowest BCUT2D eigenvalue weighted by Gasteiger charge is -2.36. The van der Waals surface area contributed by atoms with E-state index in [2.05, 4.69) is 42.6 Å². The van der Waals surface area contributed by atoms with Gasteiger partial charge in [-0.2, -0.15) is 0 Å². The molecule has 2 nitrogen and oxygen atoms in total. The maximum absolute atomic E-state index is 3.43. The van der Waals surface area contributed by atoms with Crippen LogP contribution in [0.15, 0.2) is 18.3 Å². The normalized spacial score (nSPS) is 29.4. The van der Waals surface area contributed by atoms with Crippen molar-refractivity contribution in [3.63, 3.8) is 0 Å². The first-order valence-electron chi connectivity index (χ1n) is 7.13. The number of hydrogen-bond donors (Lipinski definition) is 2. The molecule has 0 saturated heterocycles. The third-order valence-electron chi connectivity index (χ3n) is 4.29. The predicted molar refractivity (Wildman–Crippen MR) is 73.2 cm³/mol. The highest BCUT2D eigenvalue weighted by Gasteiger charge is 2.31. The fraction of sp³-hybridized carbons (Fsp3) is 0.733. The molecule has 2 N–H and O–H groups in total. The Balaban J connectivity index is 2.04. The number of nitrogens with one attached hydrogen (secondary N) is 2. The zero-order chi connectivity index (χ0) is 12.1. The van der Waals surface area contributed by atoms with Crippen molar-refractivity contribution in [3.8, 4) is 0 Å². The Morgan fingerprint density at radius 1 is 1.41 bits per heavy atom. The predicted octanol–water partition coefficient (Wildman–Crippen LogP) is 3.53. The van der Waals surface area contributed by atoms with Crippen molar-refractivity contribution in [1.82, 2.24) is 10.3 Å². The molecule has 1 heterocycles. The fourth-order valence-electron chi connectivity index (χ4n) is 3.45. The molecule has 1 saturated carbocycles. The highest BCUT2D eigenvalue weighted by atomic mass is 14.8. The highest BCUT2D eigenvalue weighted by Crippen LogP contribution is 2.41. The first kappa shape index (κ1) is 12.7. The van der Waals surface area contributed by atoms with Gasteiger partial charge in [-0.1, -0.05) is 26.2 Å². The van der Waals surface area contributed by atoms with Gasteiger partial charge in [-0.15, -0.1) is 0 Å². The van der Waals surface area contributed by atoms with E-state index < -0.39 is 0 Å². The fourth-order valence-corrected chi connectivity index (χ4v) is 3.45. The summed E-state index contributed by atoms with van der Waals surface area (Å²) in [4.78, 5) is 3.43. The van der Waals surface area contributed by atoms with Gasteiger partial charge >= 0.3 is 0 Å². The minimum absolute atomic E-state index is 0.739. The molecule has 0 bridgehead atoms. The van der Waals surface area contributed by atoms with E-state index in [4.69, 9.17) is 0 Å². The quantitative estimate of drug-likeness (QED) is 0.801. The smallest absolute Gasteiger partial charge is 0.0182 e. The molecule has 0 aromatic carbocycles. The van der Waals surface area contributed by atoms with Crippen molar-refractivity contribution in [2.75, 3.05) is 13.6 Å². The Labute approximate surface area is 105 Å². The van der Waals surface area contributed by atoms with Crippen LogP contribution in [0.1, 0.15) is 50.6 Å². The van der Waals surface area contributed by atoms with Gasteiger partial charge in [0.15, 0.2) is 0 Å². The third kappa shape index (κ3) is 3.12. The van der Waals surface area contributed by atoms with Crippen LogP contribution in [0.2, 0.25) is 0 Å². The van der Waals surface area contributed by atoms with Crippen LogP contribution in [0.3, 0.4) is 0 Å². The van der Waals surface area contributed by atoms with Crippen LogP contribution in [0.5, 0.6) is 0 Å². The van der Waals surface area contributed by atoms with E-state index in [0.717, 1.165) is 24.3 Å². The molecule has 0 amide bonds. The van der Waals surface area contributed by atoms with Crippen molar-refractivity contribution in [2.24, 2.45) is 11.8 Å². The van der Waals surface area contributed by atoms with Crippen molar-refractivity contribution in [3.05, 3.63) is 24.0 Å². The first-order chi connectivity index (χ1) is 8.35. The van der Waals surface area contributed by atoms with E-state index in [1.807, 2.05) is 0 Å². The second-order valence-electron chi connectivity index (χ2n) is 5.52. The Hall–Kier alpha value is -0.760. The Morgan fingerprint density at radius 2 is 2.29 bits per heavy atom. The van der Waals surface area contributed by atoms with E-state index in [1.54, 1.807) is 0 Å². The van der Waals surface area contributed by atoms with Gasteiger partial charge in [-0.25, -0.2) is 0 Å². The largest absolute Gasteiger partial charge is 0.365 e. The molecule has 2 rings (SSSR count). The van der Waals surface area contributed by atoms with Crippen LogP contribution in [-0.4, -0.2) is 18.6 Å². The zero-order valence-electron chi connectivity index (χ0n) is 11.2. The van der Waals surface area contributed by atoms with Gasteiger partial charge in [0.2, 0.25) is 0 Å². The summed E-state index contributed by atoms with van der Waals surface area (Å²) in [6.45, 7) is 3.46. The number of aromatic nitrogens is 1. The zero-order valence-corrected chi connectivity index (χ0v) is 11.2. The van der Waals surface area contributed by atoms with Gasteiger partial charge in [0, 0.05) is 17.8 Å². The first-order valence-corrected chi connectivity index (χ1v) is 7.13. The molecule has 0 spiro atoms. The summed E-state index contributed by atoms with van der Waals surface area (Å²) in [5.41, 5.74) is 1.45. The molecule has 1 aliphatic carbocycles. The number of hydrogen-bond acceptors (Lipinski definition) is 1. The lowest BCUT2D eigenvalue weighted by atomic mass is 9.71. The average Bonchev–Trinajstić information content (AvgIpc) is 2.85. The molecule has 1 fully saturated rings. The van der Waals surface area contributed by atoms with E-state index >= 15 is 0 Å². The summed E-state index contributed by atoms with van der Waals surface area (Å²) in [5.74, 6) is 2.50. The number of aromatic amines is 1. The summed E-state index contributed by atoms with van der Waals surface area (Å²) in [6, 6.07) is 4.40. The third-order valence-corrected chi connectivity index (χ3v) is 4.29. The van der Waals surface area contributed by atoms with Crippen molar-refractivity contribution in [2.45, 2.75) is 44.9 Å². The number of H-pyrrole nitrogens is 1. The van der Waals surface area contributed by atoms with Crippen molar-refractivity contribution < 1.29 is 0 Å². The maximum Gasteiger partial charge on any atom is 0.0182 e. The number of rotatable bonds is 5. The molecule has 3 unspecified atom stereocenters. The lowest BCUT2D eigenvalue weighted by molar-refractivity contribution is 0.220. The van der Waals surface area contributed by atoms with Crippen LogP contribution < -0.4 is 5.32 Å². The standard InChI is InChI=1S/C15H26N2/c1-3-5-12-7-8-13(11-16-2)14(10-12)15-6-4-9-17-15/h4,6,9,12-14,16-17H,3,5,7-8,10-11H2,1-2H3. The molecule has 2 heteroatoms. The molecule has 17 heavy (non-hydrogen) atoms. The van der Waals surface area contributed by atoms with E-state index in [1.165, 1.54) is 37.8 Å². The van der Waals surface area contributed by atoms with Gasteiger partial charge < -0.3 is 10.3 Å². The van der Waals surface area contributed by atoms with Gasteiger partial charge in [-0.05, 0) is 50.4 Å². The molecule has 96 valence electrons. The monoisotopic (exact) mass is 234 g/mol. The Kier molecular flexibility index (Phi) is 4.66. The second-order valence-corrected chi connectivity index (χ2v) is 5.52. The maximum atomic E-state index is 3.43. The molecule has 3 atom stereocenters. The Bertz CT molecular complexity index is 305. The summed E-state index contributed by atoms with van der Waals surface area (Å²) < 4.78 is 0. The van der Waals surface area contributed by atoms with Crippen molar-refractivity contribution in [1.29, 1.82) is 0 Å². The molecule has 1 aromatic rings. The lowest BCUT2D eigenvalue weighted by Crippen LogP contribution is -2.30.